The van der Waals surface area contributed by atoms with Crippen LogP contribution in [0.4, 0.5) is 0 Å². The first-order valence-corrected chi connectivity index (χ1v) is 5.84. The summed E-state index contributed by atoms with van der Waals surface area (Å²) < 4.78 is 5.17. The highest BCUT2D eigenvalue weighted by Gasteiger charge is 2.20. The van der Waals surface area contributed by atoms with Crippen LogP contribution in [0.3, 0.4) is 0 Å². The lowest BCUT2D eigenvalue weighted by atomic mass is 9.99. The zero-order chi connectivity index (χ0) is 13.3. The van der Waals surface area contributed by atoms with Crippen LogP contribution in [0, 0.1) is 6.92 Å². The van der Waals surface area contributed by atoms with Gasteiger partial charge in [-0.2, -0.15) is 0 Å². The van der Waals surface area contributed by atoms with E-state index in [1.807, 2.05) is 45.3 Å². The van der Waals surface area contributed by atoms with Gasteiger partial charge in [0.1, 0.15) is 0 Å². The highest BCUT2D eigenvalue weighted by molar-refractivity contribution is 5.72. The van der Waals surface area contributed by atoms with Gasteiger partial charge in [0, 0.05) is 30.6 Å². The van der Waals surface area contributed by atoms with Crippen molar-refractivity contribution >= 4 is 5.57 Å². The van der Waals surface area contributed by atoms with Gasteiger partial charge < -0.3 is 14.7 Å². The minimum absolute atomic E-state index is 0.563. The molecule has 0 spiro atoms. The number of aryl methyl sites for hydroxylation is 1. The number of aliphatic hydroxyl groups is 1. The number of allylic oxidation sites excluding steroid dienone is 2. The van der Waals surface area contributed by atoms with Crippen molar-refractivity contribution < 1.29 is 9.84 Å². The molecular formula is C14H18N2O2. The number of rotatable bonds is 2. The second-order valence-electron chi connectivity index (χ2n) is 4.55. The smallest absolute Gasteiger partial charge is 0.213 e. The van der Waals surface area contributed by atoms with Crippen molar-refractivity contribution in [3.63, 3.8) is 0 Å². The van der Waals surface area contributed by atoms with E-state index in [1.54, 1.807) is 12.0 Å². The summed E-state index contributed by atoms with van der Waals surface area (Å²) in [6.07, 6.45) is 3.26. The zero-order valence-corrected chi connectivity index (χ0v) is 11.1. The van der Waals surface area contributed by atoms with Crippen molar-refractivity contribution in [2.45, 2.75) is 20.1 Å². The van der Waals surface area contributed by atoms with Gasteiger partial charge in [-0.3, -0.25) is 0 Å². The summed E-state index contributed by atoms with van der Waals surface area (Å²) in [6, 6.07) is 3.79. The molecule has 2 heterocycles. The standard InChI is InChI=1S/C14H18N2O2/c1-9-5-12(14(17)16(3)8-9)11-6-10(2)15-13(7-11)18-4/h5-8,14,17H,1-4H3. The van der Waals surface area contributed by atoms with Crippen LogP contribution < -0.4 is 4.74 Å². The number of pyridine rings is 1. The van der Waals surface area contributed by atoms with Crippen molar-refractivity contribution in [2.75, 3.05) is 14.2 Å². The van der Waals surface area contributed by atoms with E-state index in [1.165, 1.54) is 0 Å². The third-order valence-corrected chi connectivity index (χ3v) is 2.93. The molecule has 0 aromatic carbocycles. The molecule has 0 amide bonds. The second kappa shape index (κ2) is 4.82. The predicted molar refractivity (Wildman–Crippen MR) is 71.0 cm³/mol. The Balaban J connectivity index is 2.48. The van der Waals surface area contributed by atoms with Gasteiger partial charge in [-0.05, 0) is 37.1 Å². The third-order valence-electron chi connectivity index (χ3n) is 2.93. The highest BCUT2D eigenvalue weighted by Crippen LogP contribution is 2.28. The second-order valence-corrected chi connectivity index (χ2v) is 4.55. The third kappa shape index (κ3) is 2.38. The van der Waals surface area contributed by atoms with Crippen LogP contribution >= 0.6 is 0 Å². The van der Waals surface area contributed by atoms with Gasteiger partial charge in [0.15, 0.2) is 6.23 Å². The molecule has 18 heavy (non-hydrogen) atoms. The van der Waals surface area contributed by atoms with Gasteiger partial charge in [-0.15, -0.1) is 0 Å². The van der Waals surface area contributed by atoms with E-state index in [0.717, 1.165) is 22.4 Å². The molecule has 1 unspecified atom stereocenters. The van der Waals surface area contributed by atoms with Crippen LogP contribution in [-0.2, 0) is 0 Å². The van der Waals surface area contributed by atoms with Gasteiger partial charge in [0.2, 0.25) is 5.88 Å². The van der Waals surface area contributed by atoms with Crippen molar-refractivity contribution in [2.24, 2.45) is 0 Å². The first kappa shape index (κ1) is 12.6. The van der Waals surface area contributed by atoms with Gasteiger partial charge >= 0.3 is 0 Å². The Kier molecular flexibility index (Phi) is 3.39. The van der Waals surface area contributed by atoms with E-state index in [9.17, 15) is 5.11 Å². The summed E-state index contributed by atoms with van der Waals surface area (Å²) >= 11 is 0. The Hall–Kier alpha value is -1.81. The van der Waals surface area contributed by atoms with E-state index in [0.29, 0.717) is 5.88 Å². The number of ether oxygens (including phenoxy) is 1. The Morgan fingerprint density at radius 1 is 1.33 bits per heavy atom. The Labute approximate surface area is 107 Å². The van der Waals surface area contributed by atoms with Crippen molar-refractivity contribution in [3.8, 4) is 5.88 Å². The number of hydrogen-bond donors (Lipinski definition) is 1. The van der Waals surface area contributed by atoms with Gasteiger partial charge in [0.05, 0.1) is 7.11 Å². The van der Waals surface area contributed by atoms with Crippen molar-refractivity contribution in [1.82, 2.24) is 9.88 Å². The minimum atomic E-state index is -0.639. The van der Waals surface area contributed by atoms with E-state index < -0.39 is 6.23 Å². The summed E-state index contributed by atoms with van der Waals surface area (Å²) in [7, 11) is 3.45. The normalized spacial score (nSPS) is 19.4. The number of likely N-dealkylation sites (N-methyl/N-ethyl adjacent to an activating group) is 1. The van der Waals surface area contributed by atoms with E-state index in [-0.39, 0.29) is 0 Å². The lowest BCUT2D eigenvalue weighted by Crippen LogP contribution is -2.30. The first-order valence-electron chi connectivity index (χ1n) is 5.84. The molecule has 2 rings (SSSR count). The predicted octanol–water partition coefficient (Wildman–Crippen LogP) is 1.95. The molecule has 0 aliphatic carbocycles. The monoisotopic (exact) mass is 246 g/mol. The highest BCUT2D eigenvalue weighted by atomic mass is 16.5. The molecule has 1 atom stereocenters. The zero-order valence-electron chi connectivity index (χ0n) is 11.1. The molecule has 1 N–H and O–H groups in total. The molecule has 0 bridgehead atoms. The molecule has 4 heteroatoms. The number of aromatic nitrogens is 1. The minimum Gasteiger partial charge on any atom is -0.481 e. The van der Waals surface area contributed by atoms with E-state index in [4.69, 9.17) is 4.74 Å². The maximum atomic E-state index is 10.2. The lowest BCUT2D eigenvalue weighted by molar-refractivity contribution is 0.106. The SMILES string of the molecule is COc1cc(C2=CC(C)=CN(C)C2O)cc(C)n1. The van der Waals surface area contributed by atoms with Crippen molar-refractivity contribution in [3.05, 3.63) is 41.2 Å². The Bertz CT molecular complexity index is 521. The summed E-state index contributed by atoms with van der Waals surface area (Å²) in [6.45, 7) is 3.92. The summed E-state index contributed by atoms with van der Waals surface area (Å²) in [5.74, 6) is 0.563. The molecule has 4 nitrogen and oxygen atoms in total. The number of aliphatic hydroxyl groups excluding tert-OH is 1. The molecule has 1 aromatic rings. The van der Waals surface area contributed by atoms with Crippen LogP contribution in [0.2, 0.25) is 0 Å². The van der Waals surface area contributed by atoms with Gasteiger partial charge in [-0.1, -0.05) is 0 Å². The molecule has 1 aliphatic heterocycles. The number of nitrogens with zero attached hydrogens (tertiary/aromatic N) is 2. The maximum absolute atomic E-state index is 10.2. The number of methoxy groups -OCH3 is 1. The van der Waals surface area contributed by atoms with Crippen LogP contribution in [0.1, 0.15) is 18.2 Å². The summed E-state index contributed by atoms with van der Waals surface area (Å²) in [4.78, 5) is 6.04. The Morgan fingerprint density at radius 2 is 2.06 bits per heavy atom. The number of hydrogen-bond acceptors (Lipinski definition) is 4. The summed E-state index contributed by atoms with van der Waals surface area (Å²) in [5.41, 5.74) is 3.77. The first-order chi connectivity index (χ1) is 8.51. The van der Waals surface area contributed by atoms with Crippen LogP contribution in [0.25, 0.3) is 5.57 Å². The van der Waals surface area contributed by atoms with Crippen LogP contribution in [-0.4, -0.2) is 35.4 Å². The molecule has 96 valence electrons. The van der Waals surface area contributed by atoms with E-state index in [2.05, 4.69) is 4.98 Å². The average molecular weight is 246 g/mol. The molecule has 1 aromatic heterocycles. The van der Waals surface area contributed by atoms with Gasteiger partial charge in [0.25, 0.3) is 0 Å². The molecule has 1 aliphatic rings. The molecule has 0 radical (unpaired) electrons. The van der Waals surface area contributed by atoms with Crippen molar-refractivity contribution in [1.29, 1.82) is 0 Å². The van der Waals surface area contributed by atoms with Gasteiger partial charge in [-0.25, -0.2) is 4.98 Å². The molecule has 0 saturated heterocycles. The fourth-order valence-electron chi connectivity index (χ4n) is 2.11. The van der Waals surface area contributed by atoms with E-state index >= 15 is 0 Å². The fourth-order valence-corrected chi connectivity index (χ4v) is 2.11. The average Bonchev–Trinajstić information content (AvgIpc) is 2.32. The molecular weight excluding hydrogens is 228 g/mol. The van der Waals surface area contributed by atoms with Crippen LogP contribution in [0.15, 0.2) is 30.0 Å². The maximum Gasteiger partial charge on any atom is 0.213 e. The fraction of sp³-hybridized carbons (Fsp3) is 0.357. The largest absolute Gasteiger partial charge is 0.481 e. The quantitative estimate of drug-likeness (QED) is 0.866. The van der Waals surface area contributed by atoms with Crippen LogP contribution in [0.5, 0.6) is 5.88 Å². The molecule has 0 saturated carbocycles. The molecule has 0 fully saturated rings. The topological polar surface area (TPSA) is 45.6 Å². The summed E-state index contributed by atoms with van der Waals surface area (Å²) in [5, 5.41) is 10.2. The Morgan fingerprint density at radius 3 is 2.72 bits per heavy atom. The lowest BCUT2D eigenvalue weighted by Gasteiger charge is -2.29.